The lowest BCUT2D eigenvalue weighted by atomic mass is 9.88. The van der Waals surface area contributed by atoms with E-state index in [4.69, 9.17) is 16.3 Å². The first kappa shape index (κ1) is 14.4. The maximum atomic E-state index is 10.9. The van der Waals surface area contributed by atoms with Crippen LogP contribution in [0.3, 0.4) is 0 Å². The number of rotatable bonds is 3. The Morgan fingerprint density at radius 3 is 2.67 bits per heavy atom. The fourth-order valence-corrected chi connectivity index (χ4v) is 3.13. The van der Waals surface area contributed by atoms with E-state index in [1.54, 1.807) is 0 Å². The van der Waals surface area contributed by atoms with Crippen molar-refractivity contribution >= 4 is 11.6 Å². The maximum Gasteiger partial charge on any atom is 0.126 e. The highest BCUT2D eigenvalue weighted by atomic mass is 35.5. The minimum atomic E-state index is -0.946. The molecule has 1 atom stereocenters. The van der Waals surface area contributed by atoms with Gasteiger partial charge in [0.1, 0.15) is 5.75 Å². The predicted molar refractivity (Wildman–Crippen MR) is 85.1 cm³/mol. The standard InChI is InChI=1S/C18H19ClO2/c1-12-3-5-15(6-4-12)18(2,20)11-14-10-16(19)9-13-7-8-21-17(13)14/h3-6,9-10,20H,7-8,11H2,1-2H3. The summed E-state index contributed by atoms with van der Waals surface area (Å²) in [6, 6.07) is 11.8. The molecule has 0 radical (unpaired) electrons. The number of ether oxygens (including phenoxy) is 1. The van der Waals surface area contributed by atoms with Crippen molar-refractivity contribution in [2.75, 3.05) is 6.61 Å². The third-order valence-corrected chi connectivity index (χ3v) is 4.25. The zero-order valence-corrected chi connectivity index (χ0v) is 13.1. The zero-order valence-electron chi connectivity index (χ0n) is 12.3. The summed E-state index contributed by atoms with van der Waals surface area (Å²) in [6.07, 6.45) is 1.37. The average Bonchev–Trinajstić information content (AvgIpc) is 2.87. The summed E-state index contributed by atoms with van der Waals surface area (Å²) in [5.41, 5.74) is 3.25. The lowest BCUT2D eigenvalue weighted by molar-refractivity contribution is 0.0569. The normalized spacial score (nSPS) is 16.2. The van der Waals surface area contributed by atoms with Gasteiger partial charge >= 0.3 is 0 Å². The van der Waals surface area contributed by atoms with E-state index in [1.807, 2.05) is 50.2 Å². The molecule has 0 spiro atoms. The molecule has 2 nitrogen and oxygen atoms in total. The second kappa shape index (κ2) is 5.36. The van der Waals surface area contributed by atoms with Gasteiger partial charge in [-0.1, -0.05) is 41.4 Å². The molecule has 0 amide bonds. The molecule has 110 valence electrons. The Morgan fingerprint density at radius 1 is 1.24 bits per heavy atom. The number of aliphatic hydroxyl groups is 1. The van der Waals surface area contributed by atoms with E-state index in [0.717, 1.165) is 28.9 Å². The largest absolute Gasteiger partial charge is 0.493 e. The molecule has 2 aromatic carbocycles. The number of aryl methyl sites for hydroxylation is 1. The fourth-order valence-electron chi connectivity index (χ4n) is 2.86. The SMILES string of the molecule is Cc1ccc(C(C)(O)Cc2cc(Cl)cc3c2OCC3)cc1. The quantitative estimate of drug-likeness (QED) is 0.927. The molecular weight excluding hydrogens is 284 g/mol. The van der Waals surface area contributed by atoms with Crippen LogP contribution in [0.25, 0.3) is 0 Å². The highest BCUT2D eigenvalue weighted by Crippen LogP contribution is 2.37. The molecule has 3 heteroatoms. The smallest absolute Gasteiger partial charge is 0.126 e. The van der Waals surface area contributed by atoms with Gasteiger partial charge in [0.15, 0.2) is 0 Å². The molecule has 0 fully saturated rings. The van der Waals surface area contributed by atoms with Crippen LogP contribution >= 0.6 is 11.6 Å². The summed E-state index contributed by atoms with van der Waals surface area (Å²) in [7, 11) is 0. The Labute approximate surface area is 130 Å². The van der Waals surface area contributed by atoms with E-state index in [2.05, 4.69) is 0 Å². The van der Waals surface area contributed by atoms with Gasteiger partial charge in [0.05, 0.1) is 12.2 Å². The van der Waals surface area contributed by atoms with Gasteiger partial charge in [-0.05, 0) is 42.7 Å². The second-order valence-corrected chi connectivity index (χ2v) is 6.40. The third-order valence-electron chi connectivity index (χ3n) is 4.03. The van der Waals surface area contributed by atoms with Gasteiger partial charge < -0.3 is 9.84 Å². The van der Waals surface area contributed by atoms with E-state index in [0.29, 0.717) is 18.1 Å². The maximum absolute atomic E-state index is 10.9. The van der Waals surface area contributed by atoms with Crippen LogP contribution in [-0.2, 0) is 18.4 Å². The molecule has 0 saturated heterocycles. The van der Waals surface area contributed by atoms with Crippen LogP contribution < -0.4 is 4.74 Å². The van der Waals surface area contributed by atoms with Crippen molar-refractivity contribution in [1.29, 1.82) is 0 Å². The van der Waals surface area contributed by atoms with Crippen molar-refractivity contribution in [3.8, 4) is 5.75 Å². The number of halogens is 1. The van der Waals surface area contributed by atoms with Crippen LogP contribution in [0.2, 0.25) is 5.02 Å². The highest BCUT2D eigenvalue weighted by molar-refractivity contribution is 6.30. The van der Waals surface area contributed by atoms with Crippen molar-refractivity contribution in [2.45, 2.75) is 32.3 Å². The Hall–Kier alpha value is -1.51. The Bertz CT molecular complexity index is 660. The zero-order chi connectivity index (χ0) is 15.0. The van der Waals surface area contributed by atoms with Crippen LogP contribution in [0.5, 0.6) is 5.75 Å². The van der Waals surface area contributed by atoms with Gasteiger partial charge in [0.25, 0.3) is 0 Å². The van der Waals surface area contributed by atoms with E-state index >= 15 is 0 Å². The lowest BCUT2D eigenvalue weighted by Gasteiger charge is -2.25. The number of benzene rings is 2. The fraction of sp³-hybridized carbons (Fsp3) is 0.333. The second-order valence-electron chi connectivity index (χ2n) is 5.97. The van der Waals surface area contributed by atoms with Gasteiger partial charge in [-0.25, -0.2) is 0 Å². The molecule has 1 aliphatic rings. The van der Waals surface area contributed by atoms with E-state index in [-0.39, 0.29) is 0 Å². The van der Waals surface area contributed by atoms with Gasteiger partial charge in [0, 0.05) is 17.9 Å². The lowest BCUT2D eigenvalue weighted by Crippen LogP contribution is -2.24. The molecule has 1 N–H and O–H groups in total. The summed E-state index contributed by atoms with van der Waals surface area (Å²) in [5, 5.41) is 11.6. The van der Waals surface area contributed by atoms with Crippen LogP contribution in [0.1, 0.15) is 29.2 Å². The van der Waals surface area contributed by atoms with Crippen LogP contribution in [0.15, 0.2) is 36.4 Å². The van der Waals surface area contributed by atoms with Gasteiger partial charge in [-0.15, -0.1) is 0 Å². The molecule has 1 unspecified atom stereocenters. The molecule has 21 heavy (non-hydrogen) atoms. The first-order chi connectivity index (χ1) is 9.95. The molecule has 0 aliphatic carbocycles. The van der Waals surface area contributed by atoms with E-state index in [9.17, 15) is 5.11 Å². The van der Waals surface area contributed by atoms with Crippen molar-refractivity contribution < 1.29 is 9.84 Å². The molecule has 0 bridgehead atoms. The van der Waals surface area contributed by atoms with Crippen molar-refractivity contribution in [3.63, 3.8) is 0 Å². The van der Waals surface area contributed by atoms with Crippen LogP contribution in [-0.4, -0.2) is 11.7 Å². The van der Waals surface area contributed by atoms with E-state index < -0.39 is 5.60 Å². The van der Waals surface area contributed by atoms with Crippen molar-refractivity contribution in [2.24, 2.45) is 0 Å². The topological polar surface area (TPSA) is 29.5 Å². The third kappa shape index (κ3) is 2.92. The molecular formula is C18H19ClO2. The molecule has 2 aromatic rings. The summed E-state index contributed by atoms with van der Waals surface area (Å²) < 4.78 is 5.72. The van der Waals surface area contributed by atoms with Gasteiger partial charge in [0.2, 0.25) is 0 Å². The summed E-state index contributed by atoms with van der Waals surface area (Å²) in [4.78, 5) is 0. The predicted octanol–water partition coefficient (Wildman–Crippen LogP) is 4.03. The first-order valence-corrected chi connectivity index (χ1v) is 7.57. The van der Waals surface area contributed by atoms with Crippen LogP contribution in [0, 0.1) is 6.92 Å². The minimum absolute atomic E-state index is 0.485. The number of hydrogen-bond donors (Lipinski definition) is 1. The van der Waals surface area contributed by atoms with Crippen molar-refractivity contribution in [3.05, 3.63) is 63.7 Å². The van der Waals surface area contributed by atoms with Gasteiger partial charge in [-0.3, -0.25) is 0 Å². The first-order valence-electron chi connectivity index (χ1n) is 7.19. The summed E-state index contributed by atoms with van der Waals surface area (Å²) in [5.74, 6) is 0.895. The molecule has 1 heterocycles. The molecule has 1 aliphatic heterocycles. The molecule has 0 saturated carbocycles. The molecule has 0 aromatic heterocycles. The Morgan fingerprint density at radius 2 is 1.95 bits per heavy atom. The minimum Gasteiger partial charge on any atom is -0.493 e. The average molecular weight is 303 g/mol. The van der Waals surface area contributed by atoms with Crippen LogP contribution in [0.4, 0.5) is 0 Å². The number of fused-ring (bicyclic) bond motifs is 1. The Kier molecular flexibility index (Phi) is 3.68. The Balaban J connectivity index is 1.94. The number of hydrogen-bond acceptors (Lipinski definition) is 2. The van der Waals surface area contributed by atoms with E-state index in [1.165, 1.54) is 5.56 Å². The summed E-state index contributed by atoms with van der Waals surface area (Å²) >= 11 is 6.19. The molecule has 3 rings (SSSR count). The highest BCUT2D eigenvalue weighted by Gasteiger charge is 2.27. The van der Waals surface area contributed by atoms with Gasteiger partial charge in [-0.2, -0.15) is 0 Å². The summed E-state index contributed by atoms with van der Waals surface area (Å²) in [6.45, 7) is 4.56. The van der Waals surface area contributed by atoms with Crippen molar-refractivity contribution in [1.82, 2.24) is 0 Å². The monoisotopic (exact) mass is 302 g/mol.